The first-order valence-corrected chi connectivity index (χ1v) is 5.61. The van der Waals surface area contributed by atoms with Gasteiger partial charge in [-0.1, -0.05) is 15.9 Å². The van der Waals surface area contributed by atoms with Crippen molar-refractivity contribution in [2.24, 2.45) is 0 Å². The molecule has 0 unspecified atom stereocenters. The van der Waals surface area contributed by atoms with Crippen molar-refractivity contribution >= 4 is 27.5 Å². The average Bonchev–Trinajstić information content (AvgIpc) is 2.28. The lowest BCUT2D eigenvalue weighted by Gasteiger charge is -2.28. The maximum atomic E-state index is 11.7. The topological polar surface area (TPSA) is 53.3 Å². The predicted octanol–water partition coefficient (Wildman–Crippen LogP) is 2.09. The van der Waals surface area contributed by atoms with Crippen LogP contribution in [0.1, 0.15) is 6.42 Å². The molecule has 1 aliphatic heterocycles. The Hall–Kier alpha value is -1.54. The molecule has 0 bridgehead atoms. The van der Waals surface area contributed by atoms with Crippen molar-refractivity contribution in [1.29, 1.82) is 5.26 Å². The van der Waals surface area contributed by atoms with Gasteiger partial charge >= 0.3 is 0 Å². The van der Waals surface area contributed by atoms with E-state index in [9.17, 15) is 4.79 Å². The molecule has 0 saturated heterocycles. The molecule has 1 heterocycles. The molecule has 0 aliphatic carbocycles. The Kier molecular flexibility index (Phi) is 3.11. The molecule has 2 rings (SSSR count). The van der Waals surface area contributed by atoms with E-state index in [0.717, 1.165) is 10.2 Å². The molecule has 1 aliphatic rings. The fourth-order valence-corrected chi connectivity index (χ4v) is 1.93. The number of carbonyl (C=O) groups excluding carboxylic acids is 1. The van der Waals surface area contributed by atoms with E-state index in [0.29, 0.717) is 18.7 Å². The molecule has 16 heavy (non-hydrogen) atoms. The van der Waals surface area contributed by atoms with Gasteiger partial charge in [0.25, 0.3) is 5.91 Å². The monoisotopic (exact) mass is 280 g/mol. The summed E-state index contributed by atoms with van der Waals surface area (Å²) in [6.45, 7) is 0.447. The first kappa shape index (κ1) is 11.0. The number of ether oxygens (including phenoxy) is 1. The molecule has 0 radical (unpaired) electrons. The predicted molar refractivity (Wildman–Crippen MR) is 62.2 cm³/mol. The van der Waals surface area contributed by atoms with Crippen molar-refractivity contribution < 1.29 is 9.53 Å². The zero-order valence-corrected chi connectivity index (χ0v) is 10.0. The van der Waals surface area contributed by atoms with E-state index in [1.54, 1.807) is 4.90 Å². The van der Waals surface area contributed by atoms with Crippen LogP contribution in [0.5, 0.6) is 5.75 Å². The van der Waals surface area contributed by atoms with Gasteiger partial charge in [-0.25, -0.2) is 0 Å². The molecule has 0 fully saturated rings. The van der Waals surface area contributed by atoms with E-state index < -0.39 is 0 Å². The third kappa shape index (κ3) is 2.02. The molecule has 0 N–H and O–H groups in total. The Morgan fingerprint density at radius 3 is 3.12 bits per heavy atom. The minimum absolute atomic E-state index is 0.0417. The summed E-state index contributed by atoms with van der Waals surface area (Å²) in [5, 5.41) is 8.56. The number of anilines is 1. The first-order chi connectivity index (χ1) is 7.72. The number of nitrogens with zero attached hydrogens (tertiary/aromatic N) is 2. The molecule has 1 amide bonds. The summed E-state index contributed by atoms with van der Waals surface area (Å²) in [4.78, 5) is 13.2. The summed E-state index contributed by atoms with van der Waals surface area (Å²) < 4.78 is 6.19. The van der Waals surface area contributed by atoms with Crippen LogP contribution in [0.4, 0.5) is 5.69 Å². The number of fused-ring (bicyclic) bond motifs is 1. The number of nitriles is 1. The van der Waals surface area contributed by atoms with Crippen LogP contribution in [0.2, 0.25) is 0 Å². The number of benzene rings is 1. The average molecular weight is 281 g/mol. The van der Waals surface area contributed by atoms with Crippen LogP contribution < -0.4 is 9.64 Å². The van der Waals surface area contributed by atoms with Crippen LogP contribution in [0.3, 0.4) is 0 Å². The Morgan fingerprint density at radius 1 is 1.56 bits per heavy atom. The van der Waals surface area contributed by atoms with E-state index in [2.05, 4.69) is 15.9 Å². The van der Waals surface area contributed by atoms with Crippen molar-refractivity contribution in [3.05, 3.63) is 22.7 Å². The largest absolute Gasteiger partial charge is 0.482 e. The number of halogens is 1. The van der Waals surface area contributed by atoms with Gasteiger partial charge in [0.1, 0.15) is 5.75 Å². The van der Waals surface area contributed by atoms with Gasteiger partial charge < -0.3 is 9.64 Å². The van der Waals surface area contributed by atoms with Crippen LogP contribution in [0.15, 0.2) is 22.7 Å². The normalized spacial score (nSPS) is 14.0. The number of hydrogen-bond donors (Lipinski definition) is 0. The molecule has 0 aromatic heterocycles. The lowest BCUT2D eigenvalue weighted by molar-refractivity contribution is -0.121. The van der Waals surface area contributed by atoms with Gasteiger partial charge in [0.05, 0.1) is 18.2 Å². The molecule has 5 heteroatoms. The van der Waals surface area contributed by atoms with Crippen molar-refractivity contribution in [2.75, 3.05) is 18.1 Å². The van der Waals surface area contributed by atoms with E-state index in [1.165, 1.54) is 0 Å². The number of carbonyl (C=O) groups is 1. The second kappa shape index (κ2) is 4.54. The molecule has 1 aromatic rings. The van der Waals surface area contributed by atoms with Crippen LogP contribution in [0.25, 0.3) is 0 Å². The van der Waals surface area contributed by atoms with Crippen LogP contribution in [0, 0.1) is 11.3 Å². The van der Waals surface area contributed by atoms with Crippen molar-refractivity contribution in [1.82, 2.24) is 0 Å². The number of amides is 1. The minimum Gasteiger partial charge on any atom is -0.482 e. The van der Waals surface area contributed by atoms with Crippen molar-refractivity contribution in [3.8, 4) is 11.8 Å². The third-order valence-corrected chi connectivity index (χ3v) is 2.80. The molecular formula is C11H9BrN2O2. The van der Waals surface area contributed by atoms with E-state index in [-0.39, 0.29) is 12.5 Å². The van der Waals surface area contributed by atoms with Crippen LogP contribution in [-0.2, 0) is 4.79 Å². The Bertz CT molecular complexity index is 468. The summed E-state index contributed by atoms with van der Waals surface area (Å²) in [6.07, 6.45) is 0.317. The lowest BCUT2D eigenvalue weighted by Crippen LogP contribution is -2.39. The highest BCUT2D eigenvalue weighted by molar-refractivity contribution is 9.10. The third-order valence-electron chi connectivity index (χ3n) is 2.31. The van der Waals surface area contributed by atoms with Gasteiger partial charge in [-0.05, 0) is 18.2 Å². The Labute approximate surface area is 102 Å². The summed E-state index contributed by atoms with van der Waals surface area (Å²) in [5.41, 5.74) is 0.723. The molecule has 0 spiro atoms. The lowest BCUT2D eigenvalue weighted by atomic mass is 10.2. The quantitative estimate of drug-likeness (QED) is 0.834. The zero-order chi connectivity index (χ0) is 11.5. The number of hydrogen-bond acceptors (Lipinski definition) is 3. The maximum Gasteiger partial charge on any atom is 0.265 e. The standard InChI is InChI=1S/C11H9BrN2O2/c12-8-2-3-10-9(6-8)14(5-1-4-13)11(15)7-16-10/h2-3,6H,1,5,7H2. The number of rotatable bonds is 2. The fraction of sp³-hybridized carbons (Fsp3) is 0.273. The van der Waals surface area contributed by atoms with Gasteiger partial charge in [0.15, 0.2) is 6.61 Å². The highest BCUT2D eigenvalue weighted by Crippen LogP contribution is 2.34. The second-order valence-electron chi connectivity index (χ2n) is 3.35. The smallest absolute Gasteiger partial charge is 0.265 e. The first-order valence-electron chi connectivity index (χ1n) is 4.82. The Morgan fingerprint density at radius 2 is 2.38 bits per heavy atom. The highest BCUT2D eigenvalue weighted by atomic mass is 79.9. The van der Waals surface area contributed by atoms with Gasteiger partial charge in [-0.2, -0.15) is 5.26 Å². The molecule has 0 atom stereocenters. The van der Waals surface area contributed by atoms with Crippen molar-refractivity contribution in [2.45, 2.75) is 6.42 Å². The molecule has 82 valence electrons. The minimum atomic E-state index is -0.110. The van der Waals surface area contributed by atoms with Crippen LogP contribution in [-0.4, -0.2) is 19.1 Å². The van der Waals surface area contributed by atoms with Crippen LogP contribution >= 0.6 is 15.9 Å². The molecule has 0 saturated carbocycles. The molecule has 1 aromatic carbocycles. The van der Waals surface area contributed by atoms with E-state index in [4.69, 9.17) is 10.00 Å². The van der Waals surface area contributed by atoms with Gasteiger partial charge in [0.2, 0.25) is 0 Å². The molecular weight excluding hydrogens is 272 g/mol. The Balaban J connectivity index is 2.35. The highest BCUT2D eigenvalue weighted by Gasteiger charge is 2.24. The SMILES string of the molecule is N#CCCN1C(=O)COc2ccc(Br)cc21. The maximum absolute atomic E-state index is 11.7. The summed E-state index contributed by atoms with van der Waals surface area (Å²) >= 11 is 3.35. The van der Waals surface area contributed by atoms with E-state index in [1.807, 2.05) is 24.3 Å². The summed E-state index contributed by atoms with van der Waals surface area (Å²) in [6, 6.07) is 7.53. The summed E-state index contributed by atoms with van der Waals surface area (Å²) in [5.74, 6) is 0.571. The van der Waals surface area contributed by atoms with Crippen molar-refractivity contribution in [3.63, 3.8) is 0 Å². The summed E-state index contributed by atoms with van der Waals surface area (Å²) in [7, 11) is 0. The molecule has 4 nitrogen and oxygen atoms in total. The zero-order valence-electron chi connectivity index (χ0n) is 8.44. The fourth-order valence-electron chi connectivity index (χ4n) is 1.58. The van der Waals surface area contributed by atoms with Gasteiger partial charge in [-0.15, -0.1) is 0 Å². The van der Waals surface area contributed by atoms with E-state index >= 15 is 0 Å². The van der Waals surface area contributed by atoms with Gasteiger partial charge in [-0.3, -0.25) is 4.79 Å². The second-order valence-corrected chi connectivity index (χ2v) is 4.27. The van der Waals surface area contributed by atoms with Gasteiger partial charge in [0, 0.05) is 11.0 Å².